The number of aliphatic carboxylic acids is 2. The number of carbonyl (C=O) groups is 2. The number of benzene rings is 3. The standard InChI is InChI=1S/C33H32ClF3N2O4/c1-21-31(29(40)41,17-9-19-38)27(24-14-8-15-25(34)20-24)32(30(42)43,28(39-21)33(35,36)37)18-16-26(22-10-4-2-5-11-22)23-12-6-3-7-13-23/h2-8,10-15,20-21,26-28,39H,9,16-18H2,1H3,(H,40,41)(H,42,43)/p-2. The highest BCUT2D eigenvalue weighted by Gasteiger charge is 2.68. The zero-order chi connectivity index (χ0) is 31.4. The number of carboxylic acids is 2. The molecule has 3 aromatic rings. The Kier molecular flexibility index (Phi) is 9.53. The van der Waals surface area contributed by atoms with Gasteiger partial charge in [-0.3, -0.25) is 0 Å². The summed E-state index contributed by atoms with van der Waals surface area (Å²) in [6, 6.07) is 21.2. The van der Waals surface area contributed by atoms with E-state index in [0.29, 0.717) is 0 Å². The molecule has 0 spiro atoms. The summed E-state index contributed by atoms with van der Waals surface area (Å²) in [6.07, 6.45) is -6.66. The van der Waals surface area contributed by atoms with E-state index in [-0.39, 0.29) is 23.4 Å². The third-order valence-electron chi connectivity index (χ3n) is 8.91. The molecule has 1 fully saturated rings. The van der Waals surface area contributed by atoms with E-state index in [1.807, 2.05) is 6.07 Å². The second kappa shape index (κ2) is 12.8. The van der Waals surface area contributed by atoms with Crippen molar-refractivity contribution in [3.05, 3.63) is 107 Å². The van der Waals surface area contributed by atoms with Gasteiger partial charge in [-0.05, 0) is 55.0 Å². The maximum Gasteiger partial charge on any atom is 0.404 e. The van der Waals surface area contributed by atoms with Crippen molar-refractivity contribution >= 4 is 23.5 Å². The summed E-state index contributed by atoms with van der Waals surface area (Å²) in [6.45, 7) is 1.25. The molecule has 4 rings (SSSR count). The SMILES string of the molecule is CC1NC(C(F)(F)F)C(CCC(c2ccccc2)c2ccccc2)(C(=O)[O-])C(c2cccc(Cl)c2)C1(CCC#N)C(=O)[O-]. The smallest absolute Gasteiger partial charge is 0.404 e. The molecule has 1 aliphatic rings. The Bertz CT molecular complexity index is 1440. The van der Waals surface area contributed by atoms with Gasteiger partial charge in [0.2, 0.25) is 0 Å². The molecule has 1 aliphatic heterocycles. The topological polar surface area (TPSA) is 116 Å². The molecule has 5 unspecified atom stereocenters. The molecule has 1 heterocycles. The van der Waals surface area contributed by atoms with Gasteiger partial charge in [-0.1, -0.05) is 84.4 Å². The molecule has 1 N–H and O–H groups in total. The van der Waals surface area contributed by atoms with Crippen LogP contribution in [0, 0.1) is 22.2 Å². The summed E-state index contributed by atoms with van der Waals surface area (Å²) in [5.41, 5.74) is -3.60. The third kappa shape index (κ3) is 5.99. The van der Waals surface area contributed by atoms with Crippen LogP contribution in [-0.4, -0.2) is 30.2 Å². The van der Waals surface area contributed by atoms with Crippen molar-refractivity contribution in [2.75, 3.05) is 0 Å². The number of nitrogens with one attached hydrogen (secondary N) is 1. The largest absolute Gasteiger partial charge is 0.549 e. The highest BCUT2D eigenvalue weighted by atomic mass is 35.5. The van der Waals surface area contributed by atoms with E-state index >= 15 is 13.2 Å². The molecule has 226 valence electrons. The molecule has 10 heteroatoms. The van der Waals surface area contributed by atoms with Crippen molar-refractivity contribution in [1.82, 2.24) is 5.32 Å². The van der Waals surface area contributed by atoms with Crippen LogP contribution in [0.25, 0.3) is 0 Å². The van der Waals surface area contributed by atoms with Gasteiger partial charge in [0.15, 0.2) is 0 Å². The van der Waals surface area contributed by atoms with Crippen molar-refractivity contribution in [3.63, 3.8) is 0 Å². The van der Waals surface area contributed by atoms with E-state index in [1.165, 1.54) is 31.2 Å². The zero-order valence-electron chi connectivity index (χ0n) is 23.3. The fourth-order valence-electron chi connectivity index (χ4n) is 7.02. The minimum atomic E-state index is -5.12. The average molecular weight is 611 g/mol. The van der Waals surface area contributed by atoms with Crippen molar-refractivity contribution in [2.45, 2.75) is 62.7 Å². The number of hydrogen-bond donors (Lipinski definition) is 1. The first-order valence-corrected chi connectivity index (χ1v) is 14.2. The van der Waals surface area contributed by atoms with Crippen LogP contribution in [0.5, 0.6) is 0 Å². The number of carboxylic acid groups (broad SMARTS) is 2. The lowest BCUT2D eigenvalue weighted by molar-refractivity contribution is -0.345. The van der Waals surface area contributed by atoms with Crippen LogP contribution in [0.2, 0.25) is 5.02 Å². The van der Waals surface area contributed by atoms with Gasteiger partial charge in [-0.25, -0.2) is 0 Å². The summed E-state index contributed by atoms with van der Waals surface area (Å²) in [4.78, 5) is 26.5. The molecule has 1 saturated heterocycles. The number of halogens is 4. The first-order valence-electron chi connectivity index (χ1n) is 13.9. The molecule has 5 atom stereocenters. The number of nitriles is 1. The lowest BCUT2D eigenvalue weighted by Gasteiger charge is -2.62. The number of piperidine rings is 1. The van der Waals surface area contributed by atoms with Crippen LogP contribution in [0.3, 0.4) is 0 Å². The summed E-state index contributed by atoms with van der Waals surface area (Å²) in [5, 5.41) is 38.4. The molecule has 0 aromatic heterocycles. The Labute approximate surface area is 253 Å². The van der Waals surface area contributed by atoms with E-state index in [1.54, 1.807) is 60.7 Å². The summed E-state index contributed by atoms with van der Waals surface area (Å²) >= 11 is 6.25. The van der Waals surface area contributed by atoms with Gasteiger partial charge in [0, 0.05) is 46.1 Å². The normalized spacial score (nSPS) is 25.7. The molecule has 0 aliphatic carbocycles. The maximum atomic E-state index is 15.0. The quantitative estimate of drug-likeness (QED) is 0.355. The molecular formula is C33H30ClF3N2O4-2. The van der Waals surface area contributed by atoms with Gasteiger partial charge in [-0.2, -0.15) is 18.4 Å². The van der Waals surface area contributed by atoms with Crippen LogP contribution in [0.4, 0.5) is 13.2 Å². The number of carbonyl (C=O) groups excluding carboxylic acids is 2. The van der Waals surface area contributed by atoms with Gasteiger partial charge in [0.1, 0.15) is 6.04 Å². The minimum absolute atomic E-state index is 0.0163. The zero-order valence-corrected chi connectivity index (χ0v) is 24.1. The second-order valence-electron chi connectivity index (χ2n) is 11.1. The van der Waals surface area contributed by atoms with E-state index in [0.717, 1.165) is 11.1 Å². The van der Waals surface area contributed by atoms with Crippen LogP contribution in [-0.2, 0) is 9.59 Å². The van der Waals surface area contributed by atoms with E-state index < -0.39 is 65.7 Å². The molecule has 0 radical (unpaired) electrons. The van der Waals surface area contributed by atoms with Gasteiger partial charge < -0.3 is 25.1 Å². The molecule has 0 saturated carbocycles. The van der Waals surface area contributed by atoms with Gasteiger partial charge in [0.25, 0.3) is 0 Å². The molecule has 3 aromatic carbocycles. The average Bonchev–Trinajstić information content (AvgIpc) is 2.97. The molecule has 43 heavy (non-hydrogen) atoms. The fraction of sp³-hybridized carbons (Fsp3) is 0.364. The first-order chi connectivity index (χ1) is 20.4. The van der Waals surface area contributed by atoms with E-state index in [9.17, 15) is 25.1 Å². The highest BCUT2D eigenvalue weighted by Crippen LogP contribution is 2.61. The van der Waals surface area contributed by atoms with Gasteiger partial charge in [0.05, 0.1) is 12.0 Å². The van der Waals surface area contributed by atoms with Gasteiger partial charge in [-0.15, -0.1) is 0 Å². The highest BCUT2D eigenvalue weighted by molar-refractivity contribution is 6.30. The summed E-state index contributed by atoms with van der Waals surface area (Å²) in [5.74, 6) is -6.16. The molecule has 0 amide bonds. The number of alkyl halides is 3. The summed E-state index contributed by atoms with van der Waals surface area (Å²) < 4.78 is 45.1. The Morgan fingerprint density at radius 2 is 1.49 bits per heavy atom. The monoisotopic (exact) mass is 610 g/mol. The lowest BCUT2D eigenvalue weighted by Crippen LogP contribution is -2.76. The van der Waals surface area contributed by atoms with Crippen LogP contribution in [0.15, 0.2) is 84.9 Å². The van der Waals surface area contributed by atoms with Crippen LogP contribution >= 0.6 is 11.6 Å². The predicted molar refractivity (Wildman–Crippen MR) is 150 cm³/mol. The van der Waals surface area contributed by atoms with Crippen molar-refractivity contribution in [3.8, 4) is 6.07 Å². The lowest BCUT2D eigenvalue weighted by atomic mass is 9.48. The fourth-order valence-corrected chi connectivity index (χ4v) is 7.22. The Balaban J connectivity index is 2.01. The van der Waals surface area contributed by atoms with E-state index in [2.05, 4.69) is 5.32 Å². The number of nitrogens with zero attached hydrogens (tertiary/aromatic N) is 1. The minimum Gasteiger partial charge on any atom is -0.549 e. The molecular weight excluding hydrogens is 581 g/mol. The first kappa shape index (κ1) is 32.1. The molecule has 0 bridgehead atoms. The van der Waals surface area contributed by atoms with Crippen molar-refractivity contribution in [2.24, 2.45) is 10.8 Å². The van der Waals surface area contributed by atoms with Crippen molar-refractivity contribution in [1.29, 1.82) is 5.26 Å². The Hall–Kier alpha value is -3.87. The number of rotatable bonds is 10. The Morgan fingerprint density at radius 3 is 1.95 bits per heavy atom. The van der Waals surface area contributed by atoms with E-state index in [4.69, 9.17) is 11.6 Å². The summed E-state index contributed by atoms with van der Waals surface area (Å²) in [7, 11) is 0. The Morgan fingerprint density at radius 1 is 0.930 bits per heavy atom. The van der Waals surface area contributed by atoms with Crippen LogP contribution < -0.4 is 15.5 Å². The third-order valence-corrected chi connectivity index (χ3v) is 9.14. The van der Waals surface area contributed by atoms with Gasteiger partial charge >= 0.3 is 6.18 Å². The predicted octanol–water partition coefficient (Wildman–Crippen LogP) is 4.73. The number of hydrogen-bond acceptors (Lipinski definition) is 6. The van der Waals surface area contributed by atoms with Crippen molar-refractivity contribution < 1.29 is 33.0 Å². The van der Waals surface area contributed by atoms with Crippen LogP contribution in [0.1, 0.15) is 61.1 Å². The second-order valence-corrected chi connectivity index (χ2v) is 11.5. The maximum absolute atomic E-state index is 15.0. The molecule has 6 nitrogen and oxygen atoms in total.